The van der Waals surface area contributed by atoms with Crippen molar-refractivity contribution in [2.24, 2.45) is 0 Å². The summed E-state index contributed by atoms with van der Waals surface area (Å²) in [6.45, 7) is 6.35. The minimum atomic E-state index is 0.329. The number of benzene rings is 1. The average molecular weight is 283 g/mol. The molecule has 1 saturated heterocycles. The summed E-state index contributed by atoms with van der Waals surface area (Å²) in [5, 5.41) is 10.5. The molecule has 0 spiro atoms. The smallest absolute Gasteiger partial charge is 0.120 e. The van der Waals surface area contributed by atoms with Crippen molar-refractivity contribution in [1.82, 2.24) is 9.80 Å². The van der Waals surface area contributed by atoms with Gasteiger partial charge in [-0.2, -0.15) is 0 Å². The molecule has 0 saturated carbocycles. The summed E-state index contributed by atoms with van der Waals surface area (Å²) in [6.07, 6.45) is 2.58. The van der Waals surface area contributed by atoms with Crippen LogP contribution >= 0.6 is 11.6 Å². The van der Waals surface area contributed by atoms with Gasteiger partial charge in [0, 0.05) is 29.7 Å². The average Bonchev–Trinajstić information content (AvgIpc) is 2.81. The van der Waals surface area contributed by atoms with Crippen molar-refractivity contribution in [3.05, 3.63) is 28.8 Å². The SMILES string of the molecule is CCN1CCCC1CN(C)Cc1cc(Cl)ccc1O. The van der Waals surface area contributed by atoms with Crippen molar-refractivity contribution in [2.45, 2.75) is 32.4 Å². The molecule has 0 bridgehead atoms. The molecule has 1 N–H and O–H groups in total. The van der Waals surface area contributed by atoms with Gasteiger partial charge in [0.15, 0.2) is 0 Å². The van der Waals surface area contributed by atoms with Crippen molar-refractivity contribution < 1.29 is 5.11 Å². The van der Waals surface area contributed by atoms with Crippen LogP contribution in [-0.4, -0.2) is 47.6 Å². The second-order valence-corrected chi connectivity index (χ2v) is 5.83. The lowest BCUT2D eigenvalue weighted by atomic mass is 10.1. The molecule has 1 aliphatic heterocycles. The molecule has 19 heavy (non-hydrogen) atoms. The monoisotopic (exact) mass is 282 g/mol. The van der Waals surface area contributed by atoms with Crippen LogP contribution in [0.25, 0.3) is 0 Å². The Balaban J connectivity index is 1.93. The van der Waals surface area contributed by atoms with Gasteiger partial charge in [0.25, 0.3) is 0 Å². The fourth-order valence-corrected chi connectivity index (χ4v) is 3.11. The molecule has 1 heterocycles. The number of halogens is 1. The lowest BCUT2D eigenvalue weighted by Gasteiger charge is -2.27. The van der Waals surface area contributed by atoms with E-state index in [1.54, 1.807) is 12.1 Å². The third kappa shape index (κ3) is 3.85. The summed E-state index contributed by atoms with van der Waals surface area (Å²) in [5.41, 5.74) is 0.899. The topological polar surface area (TPSA) is 26.7 Å². The first-order valence-corrected chi connectivity index (χ1v) is 7.38. The van der Waals surface area contributed by atoms with Gasteiger partial charge >= 0.3 is 0 Å². The van der Waals surface area contributed by atoms with E-state index in [1.807, 2.05) is 6.07 Å². The Morgan fingerprint density at radius 1 is 1.47 bits per heavy atom. The molecule has 106 valence electrons. The minimum Gasteiger partial charge on any atom is -0.508 e. The summed E-state index contributed by atoms with van der Waals surface area (Å²) < 4.78 is 0. The highest BCUT2D eigenvalue weighted by Crippen LogP contribution is 2.23. The Morgan fingerprint density at radius 3 is 3.00 bits per heavy atom. The van der Waals surface area contributed by atoms with Gasteiger partial charge in [-0.05, 0) is 51.2 Å². The number of likely N-dealkylation sites (tertiary alicyclic amines) is 1. The lowest BCUT2D eigenvalue weighted by Crippen LogP contribution is -2.38. The fourth-order valence-electron chi connectivity index (χ4n) is 2.91. The van der Waals surface area contributed by atoms with Crippen LogP contribution in [0.15, 0.2) is 18.2 Å². The zero-order valence-corrected chi connectivity index (χ0v) is 12.5. The standard InChI is InChI=1S/C15H23ClN2O/c1-3-18-8-4-5-14(18)11-17(2)10-12-9-13(16)6-7-15(12)19/h6-7,9,14,19H,3-5,8,10-11H2,1-2H3. The van der Waals surface area contributed by atoms with E-state index >= 15 is 0 Å². The van der Waals surface area contributed by atoms with E-state index in [0.717, 1.165) is 25.2 Å². The Hall–Kier alpha value is -0.770. The second-order valence-electron chi connectivity index (χ2n) is 5.39. The molecule has 0 aromatic heterocycles. The van der Waals surface area contributed by atoms with E-state index in [1.165, 1.54) is 19.4 Å². The van der Waals surface area contributed by atoms with E-state index in [-0.39, 0.29) is 0 Å². The van der Waals surface area contributed by atoms with Crippen LogP contribution in [0.5, 0.6) is 5.75 Å². The quantitative estimate of drug-likeness (QED) is 0.899. The maximum atomic E-state index is 9.85. The first kappa shape index (κ1) is 14.6. The zero-order valence-electron chi connectivity index (χ0n) is 11.8. The predicted molar refractivity (Wildman–Crippen MR) is 79.7 cm³/mol. The van der Waals surface area contributed by atoms with Crippen LogP contribution in [0.2, 0.25) is 5.02 Å². The summed E-state index contributed by atoms with van der Waals surface area (Å²) in [4.78, 5) is 4.80. The number of likely N-dealkylation sites (N-methyl/N-ethyl adjacent to an activating group) is 2. The van der Waals surface area contributed by atoms with Crippen molar-refractivity contribution in [3.63, 3.8) is 0 Å². The van der Waals surface area contributed by atoms with Crippen LogP contribution in [0.3, 0.4) is 0 Å². The molecule has 1 aromatic rings. The van der Waals surface area contributed by atoms with E-state index in [2.05, 4.69) is 23.8 Å². The molecule has 4 heteroatoms. The zero-order chi connectivity index (χ0) is 13.8. The number of nitrogens with zero attached hydrogens (tertiary/aromatic N) is 2. The lowest BCUT2D eigenvalue weighted by molar-refractivity contribution is 0.194. The minimum absolute atomic E-state index is 0.329. The summed E-state index contributed by atoms with van der Waals surface area (Å²) in [6, 6.07) is 5.88. The third-order valence-corrected chi connectivity index (χ3v) is 4.14. The molecule has 0 radical (unpaired) electrons. The van der Waals surface area contributed by atoms with Crippen LogP contribution < -0.4 is 0 Å². The maximum Gasteiger partial charge on any atom is 0.120 e. The normalized spacial score (nSPS) is 20.3. The number of aromatic hydroxyl groups is 1. The highest BCUT2D eigenvalue weighted by Gasteiger charge is 2.24. The second kappa shape index (κ2) is 6.60. The fraction of sp³-hybridized carbons (Fsp3) is 0.600. The van der Waals surface area contributed by atoms with Crippen molar-refractivity contribution in [1.29, 1.82) is 0 Å². The van der Waals surface area contributed by atoms with Gasteiger partial charge < -0.3 is 10.0 Å². The van der Waals surface area contributed by atoms with Crippen LogP contribution in [0.1, 0.15) is 25.3 Å². The number of phenolic OH excluding ortho intramolecular Hbond substituents is 1. The highest BCUT2D eigenvalue weighted by molar-refractivity contribution is 6.30. The molecule has 1 unspecified atom stereocenters. The largest absolute Gasteiger partial charge is 0.508 e. The van der Waals surface area contributed by atoms with E-state index in [9.17, 15) is 5.11 Å². The highest BCUT2D eigenvalue weighted by atomic mass is 35.5. The Bertz CT molecular complexity index is 425. The van der Waals surface area contributed by atoms with Gasteiger partial charge in [-0.1, -0.05) is 18.5 Å². The van der Waals surface area contributed by atoms with Gasteiger partial charge in [-0.25, -0.2) is 0 Å². The number of rotatable bonds is 5. The first-order chi connectivity index (χ1) is 9.10. The molecule has 1 atom stereocenters. The predicted octanol–water partition coefficient (Wildman–Crippen LogP) is 2.96. The number of phenols is 1. The molecular weight excluding hydrogens is 260 g/mol. The van der Waals surface area contributed by atoms with Crippen LogP contribution in [0, 0.1) is 0 Å². The molecule has 1 aromatic carbocycles. The summed E-state index contributed by atoms with van der Waals surface area (Å²) >= 11 is 5.98. The third-order valence-electron chi connectivity index (χ3n) is 3.91. The van der Waals surface area contributed by atoms with E-state index in [0.29, 0.717) is 16.8 Å². The molecule has 0 amide bonds. The van der Waals surface area contributed by atoms with Gasteiger partial charge in [-0.15, -0.1) is 0 Å². The number of hydrogen-bond donors (Lipinski definition) is 1. The Labute approximate surface area is 120 Å². The van der Waals surface area contributed by atoms with Crippen LogP contribution in [0.4, 0.5) is 0 Å². The summed E-state index contributed by atoms with van der Waals surface area (Å²) in [7, 11) is 2.10. The summed E-state index contributed by atoms with van der Waals surface area (Å²) in [5.74, 6) is 0.329. The van der Waals surface area contributed by atoms with Gasteiger partial charge in [0.05, 0.1) is 0 Å². The van der Waals surface area contributed by atoms with Crippen molar-refractivity contribution in [2.75, 3.05) is 26.7 Å². The Kier molecular flexibility index (Phi) is 5.08. The number of hydrogen-bond acceptors (Lipinski definition) is 3. The maximum absolute atomic E-state index is 9.85. The van der Waals surface area contributed by atoms with Gasteiger partial charge in [0.1, 0.15) is 5.75 Å². The Morgan fingerprint density at radius 2 is 2.26 bits per heavy atom. The van der Waals surface area contributed by atoms with E-state index in [4.69, 9.17) is 11.6 Å². The van der Waals surface area contributed by atoms with Crippen molar-refractivity contribution in [3.8, 4) is 5.75 Å². The molecule has 1 fully saturated rings. The van der Waals surface area contributed by atoms with Gasteiger partial charge in [0.2, 0.25) is 0 Å². The van der Waals surface area contributed by atoms with Crippen LogP contribution in [-0.2, 0) is 6.54 Å². The molecule has 1 aliphatic rings. The molecule has 3 nitrogen and oxygen atoms in total. The van der Waals surface area contributed by atoms with Crippen molar-refractivity contribution >= 4 is 11.6 Å². The molecular formula is C15H23ClN2O. The first-order valence-electron chi connectivity index (χ1n) is 7.00. The van der Waals surface area contributed by atoms with E-state index < -0.39 is 0 Å². The van der Waals surface area contributed by atoms with Gasteiger partial charge in [-0.3, -0.25) is 4.90 Å². The molecule has 2 rings (SSSR count). The molecule has 0 aliphatic carbocycles.